The average Bonchev–Trinajstić information content (AvgIpc) is 1.77. The molecule has 0 amide bonds. The van der Waals surface area contributed by atoms with E-state index in [0.29, 0.717) is 2.86 Å². The zero-order chi connectivity index (χ0) is 7.83. The van der Waals surface area contributed by atoms with Crippen molar-refractivity contribution in [2.24, 2.45) is 0 Å². The third kappa shape index (κ3) is 2.46. The van der Waals surface area contributed by atoms with Gasteiger partial charge in [-0.2, -0.15) is 0 Å². The normalized spacial score (nSPS) is 30.0. The van der Waals surface area contributed by atoms with Crippen LogP contribution in [0.25, 0.3) is 0 Å². The lowest BCUT2D eigenvalue weighted by Gasteiger charge is -2.38. The number of alkyl halides is 4. The second-order valence-electron chi connectivity index (χ2n) is 2.62. The van der Waals surface area contributed by atoms with E-state index < -0.39 is 0 Å². The van der Waals surface area contributed by atoms with Gasteiger partial charge in [-0.15, -0.1) is 0 Å². The third-order valence-corrected chi connectivity index (χ3v) is 11.7. The summed E-state index contributed by atoms with van der Waals surface area (Å²) >= 11 is 10.4. The molecule has 0 bridgehead atoms. The Morgan fingerprint density at radius 3 is 1.20 bits per heavy atom. The van der Waals surface area contributed by atoms with Gasteiger partial charge < -0.3 is 0 Å². The summed E-state index contributed by atoms with van der Waals surface area (Å²) in [5, 5.41) is 0. The number of hydrogen-bond donors (Lipinski definition) is 0. The Morgan fingerprint density at radius 2 is 1.00 bits per heavy atom. The highest BCUT2D eigenvalue weighted by Crippen LogP contribution is 2.57. The Hall–Kier alpha value is 2.92. The summed E-state index contributed by atoms with van der Waals surface area (Å²) < 4.78 is 0.976. The van der Waals surface area contributed by atoms with Crippen LogP contribution in [0.15, 0.2) is 0 Å². The van der Waals surface area contributed by atoms with Crippen LogP contribution in [0.4, 0.5) is 0 Å². The first-order valence-electron chi connectivity index (χ1n) is 3.21. The van der Waals surface area contributed by atoms with E-state index in [4.69, 9.17) is 0 Å². The second-order valence-corrected chi connectivity index (χ2v) is 14.1. The van der Waals surface area contributed by atoms with E-state index in [-0.39, 0.29) is 0 Å². The molecule has 1 aliphatic carbocycles. The summed E-state index contributed by atoms with van der Waals surface area (Å²) in [4.78, 5) is 0. The zero-order valence-corrected chi connectivity index (χ0v) is 14.0. The average molecular weight is 588 g/mol. The fourth-order valence-electron chi connectivity index (χ4n) is 1.06. The van der Waals surface area contributed by atoms with Gasteiger partial charge in [0.25, 0.3) is 0 Å². The molecule has 0 atom stereocenters. The molecule has 0 saturated heterocycles. The molecule has 0 aromatic carbocycles. The molecular weight excluding hydrogens is 580 g/mol. The van der Waals surface area contributed by atoms with Crippen molar-refractivity contribution < 1.29 is 0 Å². The van der Waals surface area contributed by atoms with Crippen molar-refractivity contribution in [3.05, 3.63) is 0 Å². The van der Waals surface area contributed by atoms with E-state index in [0.717, 1.165) is 0 Å². The molecule has 0 radical (unpaired) electrons. The van der Waals surface area contributed by atoms with Crippen LogP contribution in [0.5, 0.6) is 0 Å². The van der Waals surface area contributed by atoms with E-state index in [9.17, 15) is 0 Å². The van der Waals surface area contributed by atoms with Crippen LogP contribution in [0, 0.1) is 0 Å². The predicted octanol–water partition coefficient (Wildman–Crippen LogP) is 4.69. The zero-order valence-electron chi connectivity index (χ0n) is 5.34. The third-order valence-electron chi connectivity index (χ3n) is 1.77. The molecule has 1 aliphatic rings. The minimum Gasteiger partial charge on any atom is -0.0649 e. The summed E-state index contributed by atoms with van der Waals surface area (Å²) in [7, 11) is 0. The molecule has 0 aliphatic heterocycles. The van der Waals surface area contributed by atoms with E-state index in [1.54, 1.807) is 0 Å². The van der Waals surface area contributed by atoms with E-state index in [2.05, 4.69) is 90.4 Å². The highest BCUT2D eigenvalue weighted by molar-refractivity contribution is 14.2. The molecule has 0 heterocycles. The Morgan fingerprint density at radius 1 is 0.700 bits per heavy atom. The lowest BCUT2D eigenvalue weighted by Crippen LogP contribution is -2.36. The highest BCUT2D eigenvalue weighted by atomic mass is 127. The Kier molecular flexibility index (Phi) is 4.37. The number of halogens is 4. The summed E-state index contributed by atoms with van der Waals surface area (Å²) in [6.45, 7) is 0. The first kappa shape index (κ1) is 11.0. The lowest BCUT2D eigenvalue weighted by molar-refractivity contribution is 0.530. The van der Waals surface area contributed by atoms with Gasteiger partial charge in [0.15, 0.2) is 0 Å². The number of rotatable bonds is 0. The van der Waals surface area contributed by atoms with Crippen LogP contribution in [-0.4, -0.2) is 2.86 Å². The number of hydrogen-bond acceptors (Lipinski definition) is 0. The molecule has 60 valence electrons. The SMILES string of the molecule is IC1(I)CCCCC1(I)I. The molecule has 0 unspecified atom stereocenters. The van der Waals surface area contributed by atoms with Crippen molar-refractivity contribution in [2.45, 2.75) is 28.5 Å². The highest BCUT2D eigenvalue weighted by Gasteiger charge is 2.45. The standard InChI is InChI=1S/C6H8I4/c7-5(8)3-1-2-4-6(5,9)10/h1-4H2. The summed E-state index contributed by atoms with van der Waals surface area (Å²) in [6, 6.07) is 0. The summed E-state index contributed by atoms with van der Waals surface area (Å²) in [5.41, 5.74) is 0. The topological polar surface area (TPSA) is 0 Å². The van der Waals surface area contributed by atoms with Crippen LogP contribution < -0.4 is 0 Å². The van der Waals surface area contributed by atoms with E-state index in [1.165, 1.54) is 25.7 Å². The molecule has 0 nitrogen and oxygen atoms in total. The van der Waals surface area contributed by atoms with Gasteiger partial charge in [-0.3, -0.25) is 0 Å². The quantitative estimate of drug-likeness (QED) is 0.285. The maximum absolute atomic E-state index is 2.61. The second kappa shape index (κ2) is 3.97. The summed E-state index contributed by atoms with van der Waals surface area (Å²) in [5.74, 6) is 0. The van der Waals surface area contributed by atoms with Crippen molar-refractivity contribution in [2.75, 3.05) is 0 Å². The molecular formula is C6H8I4. The maximum Gasteiger partial charge on any atom is 0.0969 e. The minimum absolute atomic E-state index is 0.488. The molecule has 1 saturated carbocycles. The van der Waals surface area contributed by atoms with Crippen molar-refractivity contribution in [1.82, 2.24) is 0 Å². The van der Waals surface area contributed by atoms with Gasteiger partial charge in [-0.05, 0) is 12.8 Å². The van der Waals surface area contributed by atoms with Crippen LogP contribution in [-0.2, 0) is 0 Å². The van der Waals surface area contributed by atoms with Crippen molar-refractivity contribution >= 4 is 90.4 Å². The van der Waals surface area contributed by atoms with Gasteiger partial charge in [-0.1, -0.05) is 103 Å². The van der Waals surface area contributed by atoms with Crippen molar-refractivity contribution in [3.63, 3.8) is 0 Å². The largest absolute Gasteiger partial charge is 0.0969 e. The molecule has 4 heteroatoms. The first-order valence-corrected chi connectivity index (χ1v) is 7.53. The van der Waals surface area contributed by atoms with Gasteiger partial charge in [-0.25, -0.2) is 0 Å². The Bertz CT molecular complexity index is 114. The summed E-state index contributed by atoms with van der Waals surface area (Å²) in [6.07, 6.45) is 5.58. The molecule has 0 spiro atoms. The van der Waals surface area contributed by atoms with Crippen LogP contribution in [0.2, 0.25) is 0 Å². The smallest absolute Gasteiger partial charge is 0.0649 e. The first-order chi connectivity index (χ1) is 4.46. The van der Waals surface area contributed by atoms with Gasteiger partial charge in [0.2, 0.25) is 0 Å². The fourth-order valence-corrected chi connectivity index (χ4v) is 3.66. The van der Waals surface area contributed by atoms with Gasteiger partial charge in [0.05, 0.1) is 2.86 Å². The molecule has 1 rings (SSSR count). The Balaban J connectivity index is 2.70. The van der Waals surface area contributed by atoms with Gasteiger partial charge in [0, 0.05) is 0 Å². The Labute approximate surface area is 117 Å². The van der Waals surface area contributed by atoms with Crippen LogP contribution in [0.3, 0.4) is 0 Å². The molecule has 0 aromatic rings. The maximum atomic E-state index is 2.61. The molecule has 0 N–H and O–H groups in total. The van der Waals surface area contributed by atoms with Gasteiger partial charge in [0.1, 0.15) is 0 Å². The molecule has 0 aromatic heterocycles. The van der Waals surface area contributed by atoms with E-state index in [1.807, 2.05) is 0 Å². The van der Waals surface area contributed by atoms with Crippen molar-refractivity contribution in [3.8, 4) is 0 Å². The van der Waals surface area contributed by atoms with Crippen LogP contribution >= 0.6 is 90.4 Å². The molecule has 1 fully saturated rings. The predicted molar refractivity (Wildman–Crippen MR) is 80.0 cm³/mol. The van der Waals surface area contributed by atoms with Crippen LogP contribution in [0.1, 0.15) is 25.7 Å². The lowest BCUT2D eigenvalue weighted by atomic mass is 10.0. The molecule has 10 heavy (non-hydrogen) atoms. The van der Waals surface area contributed by atoms with Crippen molar-refractivity contribution in [1.29, 1.82) is 0 Å². The minimum atomic E-state index is 0.488. The van der Waals surface area contributed by atoms with E-state index >= 15 is 0 Å². The fraction of sp³-hybridized carbons (Fsp3) is 1.00. The van der Waals surface area contributed by atoms with Gasteiger partial charge >= 0.3 is 0 Å². The monoisotopic (exact) mass is 588 g/mol.